The monoisotopic (exact) mass is 350 g/mol. The summed E-state index contributed by atoms with van der Waals surface area (Å²) in [5, 5.41) is 1.63. The molecule has 0 bridgehead atoms. The van der Waals surface area contributed by atoms with E-state index in [0.717, 1.165) is 33.6 Å². The van der Waals surface area contributed by atoms with Gasteiger partial charge in [0.15, 0.2) is 0 Å². The second kappa shape index (κ2) is 7.55. The number of benzene rings is 2. The molecule has 0 saturated carbocycles. The van der Waals surface area contributed by atoms with Gasteiger partial charge >= 0.3 is 0 Å². The van der Waals surface area contributed by atoms with Crippen molar-refractivity contribution < 1.29 is 9.30 Å². The highest BCUT2D eigenvalue weighted by Gasteiger charge is 2.11. The van der Waals surface area contributed by atoms with E-state index in [0.29, 0.717) is 12.5 Å². The van der Waals surface area contributed by atoms with Crippen molar-refractivity contribution in [2.45, 2.75) is 26.9 Å². The van der Waals surface area contributed by atoms with Gasteiger partial charge in [-0.05, 0) is 55.0 Å². The minimum Gasteiger partial charge on any atom is -0.489 e. The van der Waals surface area contributed by atoms with E-state index in [1.807, 2.05) is 42.5 Å². The van der Waals surface area contributed by atoms with E-state index in [4.69, 9.17) is 16.3 Å². The Bertz CT molecular complexity index is 702. The molecule has 0 heterocycles. The van der Waals surface area contributed by atoms with Crippen molar-refractivity contribution in [2.24, 2.45) is 5.92 Å². The summed E-state index contributed by atoms with van der Waals surface area (Å²) in [6.07, 6.45) is 0.934. The van der Waals surface area contributed by atoms with E-state index in [-0.39, 0.29) is 0 Å². The maximum absolute atomic E-state index is 12.0. The predicted octanol–water partition coefficient (Wildman–Crippen LogP) is 5.37. The van der Waals surface area contributed by atoms with Crippen molar-refractivity contribution in [1.29, 1.82) is 0 Å². The van der Waals surface area contributed by atoms with Crippen LogP contribution in [0, 0.1) is 5.92 Å². The van der Waals surface area contributed by atoms with Gasteiger partial charge < -0.3 is 9.30 Å². The molecule has 2 aromatic carbocycles. The quantitative estimate of drug-likeness (QED) is 0.655. The molecule has 0 aliphatic heterocycles. The second-order valence-corrected chi connectivity index (χ2v) is 10.3. The van der Waals surface area contributed by atoms with Crippen molar-refractivity contribution in [3.63, 3.8) is 0 Å². The van der Waals surface area contributed by atoms with Crippen LogP contribution >= 0.6 is 18.7 Å². The Kier molecular flexibility index (Phi) is 5.95. The summed E-state index contributed by atoms with van der Waals surface area (Å²) in [6, 6.07) is 13.6. The zero-order valence-electron chi connectivity index (χ0n) is 14.2. The molecule has 2 aromatic rings. The fourth-order valence-corrected chi connectivity index (χ4v) is 3.46. The minimum absolute atomic E-state index is 0.491. The van der Waals surface area contributed by atoms with Gasteiger partial charge in [-0.2, -0.15) is 0 Å². The van der Waals surface area contributed by atoms with Gasteiger partial charge in [0, 0.05) is 10.3 Å². The topological polar surface area (TPSA) is 26.3 Å². The van der Waals surface area contributed by atoms with Crippen molar-refractivity contribution in [1.82, 2.24) is 0 Å². The zero-order valence-corrected chi connectivity index (χ0v) is 15.8. The van der Waals surface area contributed by atoms with Crippen LogP contribution in [0.5, 0.6) is 5.75 Å². The van der Waals surface area contributed by atoms with Crippen LogP contribution in [0.25, 0.3) is 0 Å². The van der Waals surface area contributed by atoms with Crippen LogP contribution in [-0.4, -0.2) is 13.3 Å². The Morgan fingerprint density at radius 2 is 1.74 bits per heavy atom. The molecule has 2 nitrogen and oxygen atoms in total. The van der Waals surface area contributed by atoms with E-state index in [1.165, 1.54) is 0 Å². The van der Waals surface area contributed by atoms with Gasteiger partial charge in [-0.15, -0.1) is 0 Å². The van der Waals surface area contributed by atoms with Crippen molar-refractivity contribution in [3.8, 4) is 5.75 Å². The molecule has 0 radical (unpaired) electrons. The Morgan fingerprint density at radius 3 is 2.30 bits per heavy atom. The first-order valence-electron chi connectivity index (χ1n) is 7.81. The van der Waals surface area contributed by atoms with Gasteiger partial charge in [0.25, 0.3) is 0 Å². The lowest BCUT2D eigenvalue weighted by molar-refractivity contribution is 0.302. The van der Waals surface area contributed by atoms with E-state index in [2.05, 4.69) is 13.8 Å². The molecule has 0 spiro atoms. The third kappa shape index (κ3) is 5.41. The number of hydrogen-bond donors (Lipinski definition) is 0. The fraction of sp³-hybridized carbons (Fsp3) is 0.368. The molecule has 0 saturated heterocycles. The van der Waals surface area contributed by atoms with Gasteiger partial charge in [-0.25, -0.2) is 0 Å². The Labute approximate surface area is 144 Å². The van der Waals surface area contributed by atoms with E-state index in [1.54, 1.807) is 13.3 Å². The first kappa shape index (κ1) is 18.1. The third-order valence-corrected chi connectivity index (χ3v) is 5.38. The molecular weight excluding hydrogens is 327 g/mol. The highest BCUT2D eigenvalue weighted by Crippen LogP contribution is 2.34. The van der Waals surface area contributed by atoms with E-state index < -0.39 is 7.14 Å². The van der Waals surface area contributed by atoms with Crippen LogP contribution in [0.1, 0.15) is 25.0 Å². The van der Waals surface area contributed by atoms with Gasteiger partial charge in [-0.1, -0.05) is 49.7 Å². The number of ether oxygens (including phenoxy) is 1. The summed E-state index contributed by atoms with van der Waals surface area (Å²) in [7, 11) is -2.20. The molecule has 23 heavy (non-hydrogen) atoms. The number of halogens is 1. The van der Waals surface area contributed by atoms with Crippen LogP contribution in [0.15, 0.2) is 42.5 Å². The molecule has 0 aliphatic carbocycles. The molecule has 0 aromatic heterocycles. The molecule has 0 unspecified atom stereocenters. The molecule has 0 fully saturated rings. The Morgan fingerprint density at radius 1 is 1.09 bits per heavy atom. The molecule has 0 N–H and O–H groups in total. The Hall–Kier alpha value is -1.24. The summed E-state index contributed by atoms with van der Waals surface area (Å²) < 4.78 is 18.0. The summed E-state index contributed by atoms with van der Waals surface area (Å²) >= 11 is 6.10. The average Bonchev–Trinajstić information content (AvgIpc) is 2.45. The van der Waals surface area contributed by atoms with Crippen molar-refractivity contribution >= 4 is 24.0 Å². The van der Waals surface area contributed by atoms with Gasteiger partial charge in [-0.3, -0.25) is 0 Å². The highest BCUT2D eigenvalue weighted by molar-refractivity contribution is 7.70. The van der Waals surface area contributed by atoms with Crippen LogP contribution in [0.2, 0.25) is 5.02 Å². The summed E-state index contributed by atoms with van der Waals surface area (Å²) in [5.74, 6) is 1.42. The van der Waals surface area contributed by atoms with Gasteiger partial charge in [0.1, 0.15) is 19.5 Å². The minimum atomic E-state index is -2.20. The summed E-state index contributed by atoms with van der Waals surface area (Å²) in [4.78, 5) is 0. The highest BCUT2D eigenvalue weighted by atomic mass is 35.5. The number of rotatable bonds is 6. The maximum atomic E-state index is 12.0. The first-order valence-corrected chi connectivity index (χ1v) is 10.8. The van der Waals surface area contributed by atoms with E-state index >= 15 is 0 Å². The average molecular weight is 351 g/mol. The molecule has 4 heteroatoms. The smallest absolute Gasteiger partial charge is 0.123 e. The van der Waals surface area contributed by atoms with Crippen LogP contribution in [0.4, 0.5) is 0 Å². The van der Waals surface area contributed by atoms with Crippen LogP contribution < -0.4 is 10.0 Å². The van der Waals surface area contributed by atoms with Crippen LogP contribution in [0.3, 0.4) is 0 Å². The fourth-order valence-electron chi connectivity index (χ4n) is 2.40. The summed E-state index contributed by atoms with van der Waals surface area (Å²) in [6.45, 7) is 8.41. The Balaban J connectivity index is 2.10. The molecular formula is C19H24ClO2P. The lowest BCUT2D eigenvalue weighted by Gasteiger charge is -2.14. The molecule has 0 aliphatic rings. The third-order valence-electron chi connectivity index (χ3n) is 3.60. The maximum Gasteiger partial charge on any atom is 0.123 e. The molecule has 0 amide bonds. The SMILES string of the molecule is CC(C)Cc1cc(Cl)ccc1OCc1ccc(P(C)(C)=O)cc1. The molecule has 0 atom stereocenters. The largest absolute Gasteiger partial charge is 0.489 e. The van der Waals surface area contributed by atoms with Crippen molar-refractivity contribution in [3.05, 3.63) is 58.6 Å². The lowest BCUT2D eigenvalue weighted by atomic mass is 10.0. The first-order chi connectivity index (χ1) is 10.8. The molecule has 2 rings (SSSR count). The van der Waals surface area contributed by atoms with Crippen molar-refractivity contribution in [2.75, 3.05) is 13.3 Å². The standard InChI is InChI=1S/C19H24ClO2P/c1-14(2)11-16-12-17(20)7-10-19(16)22-13-15-5-8-18(9-6-15)23(3,4)21/h5-10,12,14H,11,13H2,1-4H3. The zero-order chi connectivity index (χ0) is 17.0. The van der Waals surface area contributed by atoms with Crippen LogP contribution in [-0.2, 0) is 17.6 Å². The van der Waals surface area contributed by atoms with E-state index in [9.17, 15) is 4.57 Å². The van der Waals surface area contributed by atoms with Gasteiger partial charge in [0.2, 0.25) is 0 Å². The molecule has 124 valence electrons. The summed E-state index contributed by atoms with van der Waals surface area (Å²) in [5.41, 5.74) is 2.20. The predicted molar refractivity (Wildman–Crippen MR) is 99.9 cm³/mol. The lowest BCUT2D eigenvalue weighted by Crippen LogP contribution is -2.05. The van der Waals surface area contributed by atoms with Gasteiger partial charge in [0.05, 0.1) is 0 Å². The normalized spacial score (nSPS) is 11.7. The second-order valence-electron chi connectivity index (χ2n) is 6.66. The number of hydrogen-bond acceptors (Lipinski definition) is 2.